The molecule has 0 amide bonds. The predicted molar refractivity (Wildman–Crippen MR) is 290 cm³/mol. The molecule has 22 heteroatoms. The smallest absolute Gasteiger partial charge is 0.377 e. The Morgan fingerprint density at radius 1 is 0.521 bits per heavy atom. The molecule has 416 valence electrons. The molecule has 0 aromatic heterocycles. The summed E-state index contributed by atoms with van der Waals surface area (Å²) in [6, 6.07) is 2.38. The van der Waals surface area contributed by atoms with Gasteiger partial charge in [-0.25, -0.2) is 0 Å². The van der Waals surface area contributed by atoms with Crippen LogP contribution in [-0.4, -0.2) is 159 Å². The molecule has 2 spiro atoms. The SMILES string of the molecule is CCC(CN)CC(CN)CC1CNCCC[Si@@]2(OC)O[C@@H](C)[C@@H]3O[Si@@]4(CCCNCC(CC(CN)CC(CN)CC5CNCCC[Si@]6(O[C@@H]3[C@@H](C)O[Si@@](OC)(CCCNCC(CC(C)CN)C5)O6)O4)C1)O2. The average molecular weight is 1080 g/mol. The Balaban J connectivity index is 1.44. The lowest BCUT2D eigenvalue weighted by atomic mass is 9.77. The van der Waals surface area contributed by atoms with Crippen LogP contribution in [0.2, 0.25) is 24.2 Å². The molecule has 0 saturated carbocycles. The largest absolute Gasteiger partial charge is 0.493 e. The lowest BCUT2D eigenvalue weighted by Crippen LogP contribution is -2.65. The van der Waals surface area contributed by atoms with Gasteiger partial charge in [-0.15, -0.1) is 0 Å². The summed E-state index contributed by atoms with van der Waals surface area (Å²) in [5.74, 6) is 3.82. The fourth-order valence-electron chi connectivity index (χ4n) is 13.1. The van der Waals surface area contributed by atoms with E-state index >= 15 is 0 Å². The third-order valence-corrected chi connectivity index (χ3v) is 32.3. The van der Waals surface area contributed by atoms with Crippen LogP contribution in [0.3, 0.4) is 0 Å². The molecule has 6 aliphatic heterocycles. The molecule has 17 atom stereocenters. The Kier molecular flexibility index (Phi) is 25.3. The summed E-state index contributed by atoms with van der Waals surface area (Å²) in [4.78, 5) is 0. The van der Waals surface area contributed by atoms with Crippen molar-refractivity contribution < 1.29 is 38.9 Å². The van der Waals surface area contributed by atoms with Crippen molar-refractivity contribution in [1.29, 1.82) is 0 Å². The van der Waals surface area contributed by atoms with Crippen LogP contribution in [0, 0.1) is 53.3 Å². The van der Waals surface area contributed by atoms with Gasteiger partial charge < -0.3 is 88.8 Å². The van der Waals surface area contributed by atoms with E-state index in [0.29, 0.717) is 110 Å². The summed E-state index contributed by atoms with van der Waals surface area (Å²) >= 11 is 0. The van der Waals surface area contributed by atoms with Gasteiger partial charge in [-0.2, -0.15) is 0 Å². The first kappa shape index (κ1) is 60.4. The van der Waals surface area contributed by atoms with Gasteiger partial charge in [0, 0.05) is 38.4 Å². The maximum absolute atomic E-state index is 7.72. The predicted octanol–water partition coefficient (Wildman–Crippen LogP) is 3.56. The Bertz CT molecular complexity index is 1520. The quantitative estimate of drug-likeness (QED) is 0.113. The van der Waals surface area contributed by atoms with Gasteiger partial charge in [0.1, 0.15) is 12.2 Å². The van der Waals surface area contributed by atoms with Crippen molar-refractivity contribution in [3.8, 4) is 0 Å². The van der Waals surface area contributed by atoms with E-state index in [1.54, 1.807) is 14.2 Å². The van der Waals surface area contributed by atoms with Crippen molar-refractivity contribution >= 4 is 35.2 Å². The molecule has 0 aromatic carbocycles. The molecule has 6 aliphatic rings. The summed E-state index contributed by atoms with van der Waals surface area (Å²) in [6.45, 7) is 18.8. The minimum Gasteiger partial charge on any atom is -0.377 e. The van der Waals surface area contributed by atoms with Gasteiger partial charge in [0.05, 0.1) is 12.2 Å². The lowest BCUT2D eigenvalue weighted by Gasteiger charge is -2.41. The maximum atomic E-state index is 7.72. The van der Waals surface area contributed by atoms with E-state index in [0.717, 1.165) is 136 Å². The van der Waals surface area contributed by atoms with Crippen molar-refractivity contribution in [1.82, 2.24) is 21.3 Å². The normalized spacial score (nSPS) is 41.5. The van der Waals surface area contributed by atoms with E-state index in [4.69, 9.17) is 67.6 Å². The molecule has 9 unspecified atom stereocenters. The van der Waals surface area contributed by atoms with E-state index < -0.39 is 59.6 Å². The minimum absolute atomic E-state index is 0.365. The highest BCUT2D eigenvalue weighted by Gasteiger charge is 2.70. The van der Waals surface area contributed by atoms with Crippen molar-refractivity contribution in [2.75, 3.05) is 99.3 Å². The lowest BCUT2D eigenvalue weighted by molar-refractivity contribution is -0.0661. The molecule has 71 heavy (non-hydrogen) atoms. The Morgan fingerprint density at radius 2 is 0.958 bits per heavy atom. The molecule has 14 N–H and O–H groups in total. The number of rotatable bonds is 14. The first-order chi connectivity index (χ1) is 34.3. The van der Waals surface area contributed by atoms with Crippen molar-refractivity contribution in [2.24, 2.45) is 81.9 Å². The highest BCUT2D eigenvalue weighted by Crippen LogP contribution is 2.46. The van der Waals surface area contributed by atoms with Crippen molar-refractivity contribution in [3.63, 3.8) is 0 Å². The van der Waals surface area contributed by atoms with Crippen LogP contribution in [0.4, 0.5) is 0 Å². The zero-order valence-electron chi connectivity index (χ0n) is 45.3. The van der Waals surface area contributed by atoms with Gasteiger partial charge in [-0.3, -0.25) is 0 Å². The van der Waals surface area contributed by atoms with Gasteiger partial charge in [-0.1, -0.05) is 20.3 Å². The molecule has 6 saturated heterocycles. The molecule has 8 bridgehead atoms. The van der Waals surface area contributed by atoms with Crippen LogP contribution in [0.25, 0.3) is 0 Å². The third-order valence-electron chi connectivity index (χ3n) is 17.0. The minimum atomic E-state index is -3.71. The summed E-state index contributed by atoms with van der Waals surface area (Å²) < 4.78 is 64.9. The van der Waals surface area contributed by atoms with Crippen LogP contribution in [0.1, 0.15) is 111 Å². The van der Waals surface area contributed by atoms with Gasteiger partial charge >= 0.3 is 35.2 Å². The fourth-order valence-corrected chi connectivity index (χ4v) is 30.5. The Labute approximate surface area is 434 Å². The molecule has 6 heterocycles. The van der Waals surface area contributed by atoms with E-state index in [1.165, 1.54) is 0 Å². The van der Waals surface area contributed by atoms with Crippen LogP contribution in [-0.2, 0) is 38.9 Å². The second-order valence-electron chi connectivity index (χ2n) is 23.0. The summed E-state index contributed by atoms with van der Waals surface area (Å²) in [5, 5.41) is 15.7. The molecular formula is C49H105N9O9Si4. The summed E-state index contributed by atoms with van der Waals surface area (Å²) in [7, 11) is -10.7. The van der Waals surface area contributed by atoms with E-state index in [-0.39, 0.29) is 0 Å². The van der Waals surface area contributed by atoms with Gasteiger partial charge in [0.2, 0.25) is 0 Å². The zero-order valence-corrected chi connectivity index (χ0v) is 49.3. The molecule has 18 nitrogen and oxygen atoms in total. The van der Waals surface area contributed by atoms with Crippen molar-refractivity contribution in [2.45, 2.75) is 160 Å². The highest BCUT2D eigenvalue weighted by atomic mass is 28.5. The molecule has 0 aliphatic carbocycles. The average Bonchev–Trinajstić information content (AvgIpc) is 3.63. The molecule has 0 radical (unpaired) electrons. The van der Waals surface area contributed by atoms with Crippen molar-refractivity contribution in [3.05, 3.63) is 0 Å². The number of nitrogens with one attached hydrogen (secondary N) is 4. The molecular weight excluding hydrogens is 971 g/mol. The second-order valence-corrected chi connectivity index (χ2v) is 34.7. The molecule has 0 aromatic rings. The molecule has 6 rings (SSSR count). The Hall–Kier alpha value is 0.148. The van der Waals surface area contributed by atoms with E-state index in [9.17, 15) is 0 Å². The third kappa shape index (κ3) is 17.6. The fraction of sp³-hybridized carbons (Fsp3) is 1.00. The van der Waals surface area contributed by atoms with E-state index in [2.05, 4.69) is 49.0 Å². The summed E-state index contributed by atoms with van der Waals surface area (Å²) in [6.07, 6.45) is 10.9. The number of hydrogen-bond acceptors (Lipinski definition) is 18. The highest BCUT2D eigenvalue weighted by molar-refractivity contribution is 6.84. The second kappa shape index (κ2) is 29.8. The van der Waals surface area contributed by atoms with Gasteiger partial charge in [0.15, 0.2) is 0 Å². The topological polar surface area (TPSA) is 261 Å². The zero-order chi connectivity index (χ0) is 50.9. The van der Waals surface area contributed by atoms with Gasteiger partial charge in [-0.05, 0) is 229 Å². The standard InChI is InChI=1S/C49H105N9O9Si4/c1-7-40(29-51)21-41(30-52)23-46-27-47-25-43(32-54)22-42(31-53)24-45-26-44(20-37(2)28-50)33-55-12-8-16-68(59-5)61-38(3)48-49-39(4)62-69(60-6,17-9-13-56-35-46)66-71(64-49,19-11-15-58-36-47)67-70(63-48,65-68)18-10-14-57-34-45/h37-49,55-58H,7-36,50-54H2,1-6H3/t37?,38-,39+,40?,41?,42?,43?,44?,45?,46?,47?,48-,49+,68+,69-,70-,71+/m1/s1. The van der Waals surface area contributed by atoms with Crippen LogP contribution in [0.5, 0.6) is 0 Å². The Morgan fingerprint density at radius 3 is 1.38 bits per heavy atom. The number of nitrogens with two attached hydrogens (primary N) is 5. The first-order valence-electron chi connectivity index (χ1n) is 28.5. The van der Waals surface area contributed by atoms with Crippen LogP contribution < -0.4 is 49.9 Å². The number of hydrogen-bond donors (Lipinski definition) is 9. The first-order valence-corrected chi connectivity index (χ1v) is 36.3. The molecule has 6 fully saturated rings. The van der Waals surface area contributed by atoms with E-state index in [1.807, 2.05) is 0 Å². The monoisotopic (exact) mass is 1080 g/mol. The maximum Gasteiger partial charge on any atom is 0.493 e. The van der Waals surface area contributed by atoms with Crippen LogP contribution in [0.15, 0.2) is 0 Å². The van der Waals surface area contributed by atoms with Crippen LogP contribution >= 0.6 is 0 Å². The number of fused-ring (bicyclic) bond motifs is 15. The van der Waals surface area contributed by atoms with Gasteiger partial charge in [0.25, 0.3) is 0 Å². The summed E-state index contributed by atoms with van der Waals surface area (Å²) in [5.41, 5.74) is 32.8.